The summed E-state index contributed by atoms with van der Waals surface area (Å²) in [7, 11) is 0. The zero-order valence-corrected chi connectivity index (χ0v) is 21.6. The molecule has 36 heavy (non-hydrogen) atoms. The van der Waals surface area contributed by atoms with Crippen LogP contribution in [-0.4, -0.2) is 25.9 Å². The molecule has 0 aliphatic carbocycles. The number of carbonyl (C=O) groups excluding carboxylic acids is 1. The molecule has 0 saturated carbocycles. The Hall–Kier alpha value is -3.62. The van der Waals surface area contributed by atoms with E-state index in [2.05, 4.69) is 9.97 Å². The average molecular weight is 513 g/mol. The van der Waals surface area contributed by atoms with E-state index in [9.17, 15) is 4.79 Å². The van der Waals surface area contributed by atoms with Crippen LogP contribution in [0.15, 0.2) is 103 Å². The highest BCUT2D eigenvalue weighted by atomic mass is 32.2. The molecule has 6 nitrogen and oxygen atoms in total. The minimum atomic E-state index is -0.0843. The molecule has 1 saturated heterocycles. The molecule has 0 atom stereocenters. The number of furan rings is 1. The van der Waals surface area contributed by atoms with Crippen LogP contribution >= 0.6 is 23.5 Å². The number of amides is 1. The van der Waals surface area contributed by atoms with Crippen LogP contribution in [-0.2, 0) is 17.9 Å². The van der Waals surface area contributed by atoms with Gasteiger partial charge in [-0.2, -0.15) is 0 Å². The molecule has 4 aromatic rings. The molecule has 0 radical (unpaired) electrons. The molecule has 8 heteroatoms. The summed E-state index contributed by atoms with van der Waals surface area (Å²) in [5.74, 6) is 0.514. The second kappa shape index (κ2) is 11.0. The number of nitrogens with zero attached hydrogens (tertiary/aromatic N) is 4. The molecular weight excluding hydrogens is 488 g/mol. The fraction of sp³-hybridized carbons (Fsp3) is 0.143. The molecule has 2 aromatic carbocycles. The monoisotopic (exact) mass is 512 g/mol. The first kappa shape index (κ1) is 24.1. The topological polar surface area (TPSA) is 71.6 Å². The van der Waals surface area contributed by atoms with Gasteiger partial charge in [0.15, 0.2) is 15.4 Å². The zero-order valence-electron chi connectivity index (χ0n) is 19.9. The van der Waals surface area contributed by atoms with E-state index in [0.29, 0.717) is 39.2 Å². The van der Waals surface area contributed by atoms with Crippen molar-refractivity contribution >= 4 is 40.7 Å². The molecule has 5 rings (SSSR count). The van der Waals surface area contributed by atoms with Crippen molar-refractivity contribution in [3.63, 3.8) is 0 Å². The van der Waals surface area contributed by atoms with E-state index in [1.54, 1.807) is 11.0 Å². The molecule has 0 spiro atoms. The third kappa shape index (κ3) is 5.95. The Morgan fingerprint density at radius 2 is 1.61 bits per heavy atom. The van der Waals surface area contributed by atoms with Crippen molar-refractivity contribution in [1.29, 1.82) is 0 Å². The van der Waals surface area contributed by atoms with E-state index in [1.165, 1.54) is 23.5 Å². The molecule has 3 heterocycles. The molecule has 1 fully saturated rings. The minimum Gasteiger partial charge on any atom is -0.450 e. The number of aryl methyl sites for hydroxylation is 2. The minimum absolute atomic E-state index is 0.0843. The first-order chi connectivity index (χ1) is 17.5. The highest BCUT2D eigenvalue weighted by molar-refractivity contribution is 8.18. The molecule has 0 N–H and O–H groups in total. The smallest absolute Gasteiger partial charge is 0.267 e. The molecule has 1 aliphatic rings. The fourth-order valence-electron chi connectivity index (χ4n) is 3.70. The van der Waals surface area contributed by atoms with Crippen LogP contribution in [0.5, 0.6) is 0 Å². The van der Waals surface area contributed by atoms with Gasteiger partial charge in [0.1, 0.15) is 5.76 Å². The lowest BCUT2D eigenvalue weighted by Crippen LogP contribution is -2.28. The summed E-state index contributed by atoms with van der Waals surface area (Å²) < 4.78 is 5.98. The van der Waals surface area contributed by atoms with Crippen molar-refractivity contribution in [1.82, 2.24) is 14.9 Å². The number of benzene rings is 2. The van der Waals surface area contributed by atoms with Gasteiger partial charge >= 0.3 is 0 Å². The fourth-order valence-corrected chi connectivity index (χ4v) is 5.49. The van der Waals surface area contributed by atoms with Crippen LogP contribution in [0.2, 0.25) is 0 Å². The lowest BCUT2D eigenvalue weighted by molar-refractivity contribution is -0.122. The zero-order chi connectivity index (χ0) is 24.9. The van der Waals surface area contributed by atoms with Gasteiger partial charge in [-0.15, -0.1) is 0 Å². The van der Waals surface area contributed by atoms with Crippen molar-refractivity contribution in [3.8, 4) is 0 Å². The van der Waals surface area contributed by atoms with E-state index in [0.717, 1.165) is 22.5 Å². The molecule has 1 amide bonds. The summed E-state index contributed by atoms with van der Waals surface area (Å²) in [4.78, 5) is 29.4. The maximum atomic E-state index is 13.4. The Bertz CT molecular complexity index is 1410. The van der Waals surface area contributed by atoms with Gasteiger partial charge in [0.05, 0.1) is 18.0 Å². The maximum Gasteiger partial charge on any atom is 0.267 e. The summed E-state index contributed by atoms with van der Waals surface area (Å²) >= 11 is 2.73. The number of hydrogen-bond donors (Lipinski definition) is 0. The maximum absolute atomic E-state index is 13.4. The largest absolute Gasteiger partial charge is 0.450 e. The van der Waals surface area contributed by atoms with Crippen LogP contribution in [0.3, 0.4) is 0 Å². The third-order valence-corrected chi connectivity index (χ3v) is 7.17. The van der Waals surface area contributed by atoms with Crippen molar-refractivity contribution in [2.45, 2.75) is 37.2 Å². The normalized spacial score (nSPS) is 15.8. The van der Waals surface area contributed by atoms with Gasteiger partial charge in [-0.05, 0) is 66.7 Å². The number of hydrogen-bond acceptors (Lipinski definition) is 7. The highest BCUT2D eigenvalue weighted by Crippen LogP contribution is 2.35. The lowest BCUT2D eigenvalue weighted by Gasteiger charge is -2.15. The van der Waals surface area contributed by atoms with Crippen LogP contribution in [0, 0.1) is 13.8 Å². The summed E-state index contributed by atoms with van der Waals surface area (Å²) in [6.07, 6.45) is 1.78. The van der Waals surface area contributed by atoms with Gasteiger partial charge in [0.25, 0.3) is 5.91 Å². The number of rotatable bonds is 7. The van der Waals surface area contributed by atoms with E-state index >= 15 is 0 Å². The SMILES string of the molecule is Cc1cc(C)nc(Sc2ccc(/C=C3/SC(=NCc4ccccc4)N(Cc4ccccc4)C3=O)o2)n1. The van der Waals surface area contributed by atoms with Gasteiger partial charge in [-0.1, -0.05) is 60.7 Å². The molecule has 1 aliphatic heterocycles. The van der Waals surface area contributed by atoms with Gasteiger partial charge in [-0.3, -0.25) is 14.7 Å². The predicted octanol–water partition coefficient (Wildman–Crippen LogP) is 6.51. The van der Waals surface area contributed by atoms with E-state index in [4.69, 9.17) is 9.41 Å². The van der Waals surface area contributed by atoms with E-state index in [1.807, 2.05) is 92.7 Å². The van der Waals surface area contributed by atoms with Crippen LogP contribution in [0.25, 0.3) is 6.08 Å². The second-order valence-electron chi connectivity index (χ2n) is 8.26. The van der Waals surface area contributed by atoms with Crippen LogP contribution < -0.4 is 0 Å². The molecular formula is C28H24N4O2S2. The summed E-state index contributed by atoms with van der Waals surface area (Å²) in [6.45, 7) is 4.85. The molecule has 0 unspecified atom stereocenters. The number of aliphatic imine (C=N–C) groups is 1. The number of aromatic nitrogens is 2. The van der Waals surface area contributed by atoms with Crippen molar-refractivity contribution < 1.29 is 9.21 Å². The van der Waals surface area contributed by atoms with Crippen molar-refractivity contribution in [2.24, 2.45) is 4.99 Å². The van der Waals surface area contributed by atoms with Crippen LogP contribution in [0.4, 0.5) is 0 Å². The Kier molecular flexibility index (Phi) is 7.34. The highest BCUT2D eigenvalue weighted by Gasteiger charge is 2.33. The Labute approximate surface area is 218 Å². The van der Waals surface area contributed by atoms with E-state index < -0.39 is 0 Å². The Balaban J connectivity index is 1.38. The molecule has 2 aromatic heterocycles. The Morgan fingerprint density at radius 1 is 0.944 bits per heavy atom. The van der Waals surface area contributed by atoms with Gasteiger partial charge in [-0.25, -0.2) is 9.97 Å². The van der Waals surface area contributed by atoms with Crippen molar-refractivity contribution in [2.75, 3.05) is 0 Å². The average Bonchev–Trinajstić information content (AvgIpc) is 3.42. The first-order valence-corrected chi connectivity index (χ1v) is 13.1. The second-order valence-corrected chi connectivity index (χ2v) is 10.2. The standard InChI is InChI=1S/C28H24N4O2S2/c1-19-15-20(2)31-27(30-19)36-25-14-13-23(34-25)16-24-26(33)32(18-22-11-7-4-8-12-22)28(35-24)29-17-21-9-5-3-6-10-21/h3-16H,17-18H2,1-2H3/b24-16+,29-28?. The predicted molar refractivity (Wildman–Crippen MR) is 144 cm³/mol. The summed E-state index contributed by atoms with van der Waals surface area (Å²) in [5, 5.41) is 1.99. The lowest BCUT2D eigenvalue weighted by atomic mass is 10.2. The third-order valence-electron chi connectivity index (χ3n) is 5.34. The van der Waals surface area contributed by atoms with Gasteiger partial charge in [0.2, 0.25) is 0 Å². The summed E-state index contributed by atoms with van der Waals surface area (Å²) in [5.41, 5.74) is 3.96. The quantitative estimate of drug-likeness (QED) is 0.208. The van der Waals surface area contributed by atoms with Crippen molar-refractivity contribution in [3.05, 3.63) is 112 Å². The van der Waals surface area contributed by atoms with Gasteiger partial charge in [0, 0.05) is 17.5 Å². The molecule has 0 bridgehead atoms. The first-order valence-electron chi connectivity index (χ1n) is 11.5. The molecule has 180 valence electrons. The number of carbonyl (C=O) groups is 1. The Morgan fingerprint density at radius 3 is 2.31 bits per heavy atom. The summed E-state index contributed by atoms with van der Waals surface area (Å²) in [6, 6.07) is 25.6. The number of thioether (sulfide) groups is 1. The van der Waals surface area contributed by atoms with E-state index in [-0.39, 0.29) is 5.91 Å². The number of amidine groups is 1. The van der Waals surface area contributed by atoms with Gasteiger partial charge < -0.3 is 4.42 Å². The van der Waals surface area contributed by atoms with Crippen LogP contribution in [0.1, 0.15) is 28.3 Å².